The van der Waals surface area contributed by atoms with Gasteiger partial charge in [-0.2, -0.15) is 11.3 Å². The summed E-state index contributed by atoms with van der Waals surface area (Å²) in [6, 6.07) is 22.0. The molecular weight excluding hydrogens is 571 g/mol. The molecule has 2 fully saturated rings. The molecule has 2 aromatic heterocycles. The van der Waals surface area contributed by atoms with Crippen LogP contribution in [0.15, 0.2) is 60.8 Å². The van der Waals surface area contributed by atoms with Crippen molar-refractivity contribution in [1.29, 1.82) is 0 Å². The van der Waals surface area contributed by atoms with Crippen molar-refractivity contribution in [2.24, 2.45) is 11.8 Å². The van der Waals surface area contributed by atoms with E-state index in [0.29, 0.717) is 5.92 Å². The zero-order chi connectivity index (χ0) is 19.8. The Labute approximate surface area is 194 Å². The second-order valence-corrected chi connectivity index (χ2v) is 9.09. The second kappa shape index (κ2) is 9.25. The van der Waals surface area contributed by atoms with Crippen LogP contribution in [0.5, 0.6) is 0 Å². The maximum atomic E-state index is 9.41. The van der Waals surface area contributed by atoms with E-state index in [1.165, 1.54) is 20.2 Å². The van der Waals surface area contributed by atoms with Crippen molar-refractivity contribution in [3.05, 3.63) is 66.9 Å². The molecule has 2 aliphatic rings. The number of hydrogen-bond acceptors (Lipinski definition) is 4. The van der Waals surface area contributed by atoms with Gasteiger partial charge in [-0.15, -0.1) is 23.8 Å². The van der Waals surface area contributed by atoms with Gasteiger partial charge in [0.15, 0.2) is 0 Å². The molecule has 0 bridgehead atoms. The van der Waals surface area contributed by atoms with E-state index >= 15 is 0 Å². The SMILES string of the molecule is OC1CCC2CCC(O)C12.[Ir].[c-]1ccc2c(sc3ccccc32)c1-c1ccccn1. The van der Waals surface area contributed by atoms with Crippen LogP contribution in [-0.4, -0.2) is 27.4 Å². The fourth-order valence-electron chi connectivity index (χ4n) is 4.96. The van der Waals surface area contributed by atoms with Gasteiger partial charge in [0, 0.05) is 36.9 Å². The zero-order valence-electron chi connectivity index (χ0n) is 16.5. The molecular formula is C25H24IrNO2S-. The van der Waals surface area contributed by atoms with E-state index in [-0.39, 0.29) is 38.2 Å². The third kappa shape index (κ3) is 3.98. The summed E-state index contributed by atoms with van der Waals surface area (Å²) in [6.45, 7) is 0. The predicted octanol–water partition coefficient (Wildman–Crippen LogP) is 5.44. The van der Waals surface area contributed by atoms with Crippen molar-refractivity contribution in [2.45, 2.75) is 37.9 Å². The minimum Gasteiger partial charge on any atom is -0.393 e. The average molecular weight is 595 g/mol. The molecule has 4 aromatic rings. The van der Waals surface area contributed by atoms with Gasteiger partial charge in [-0.05, 0) is 59.5 Å². The number of thiophene rings is 1. The smallest absolute Gasteiger partial charge is 0.0595 e. The van der Waals surface area contributed by atoms with Gasteiger partial charge < -0.3 is 15.2 Å². The van der Waals surface area contributed by atoms with Gasteiger partial charge in [0.1, 0.15) is 0 Å². The molecule has 2 N–H and O–H groups in total. The Kier molecular flexibility index (Phi) is 6.66. The van der Waals surface area contributed by atoms with Crippen LogP contribution in [0.1, 0.15) is 25.7 Å². The van der Waals surface area contributed by atoms with Crippen LogP contribution in [0.4, 0.5) is 0 Å². The van der Waals surface area contributed by atoms with E-state index in [1.54, 1.807) is 0 Å². The Balaban J connectivity index is 0.000000168. The van der Waals surface area contributed by atoms with Crippen molar-refractivity contribution < 1.29 is 30.3 Å². The quantitative estimate of drug-likeness (QED) is 0.289. The number of pyridine rings is 1. The van der Waals surface area contributed by atoms with E-state index < -0.39 is 0 Å². The minimum absolute atomic E-state index is 0. The number of aliphatic hydroxyl groups excluding tert-OH is 2. The molecule has 0 spiro atoms. The molecule has 2 aliphatic carbocycles. The molecule has 0 aliphatic heterocycles. The standard InChI is InChI=1S/C17H10NS.C8H14O2.Ir/c1-2-10-16-12(6-1)13-7-5-8-14(17(13)19-16)15-9-3-4-11-18-15;9-6-3-1-5-2-4-7(10)8(5)6;/h1-7,9-11H;5-10H,1-4H2;/q-1;;. The molecule has 157 valence electrons. The van der Waals surface area contributed by atoms with E-state index in [1.807, 2.05) is 41.8 Å². The molecule has 6 rings (SSSR count). The summed E-state index contributed by atoms with van der Waals surface area (Å²) in [5, 5.41) is 21.4. The van der Waals surface area contributed by atoms with Crippen LogP contribution in [0.3, 0.4) is 0 Å². The minimum atomic E-state index is -0.206. The van der Waals surface area contributed by atoms with Crippen LogP contribution < -0.4 is 0 Å². The van der Waals surface area contributed by atoms with Crippen LogP contribution in [0.25, 0.3) is 31.4 Å². The molecule has 5 heteroatoms. The topological polar surface area (TPSA) is 53.4 Å². The third-order valence-corrected chi connectivity index (χ3v) is 7.56. The van der Waals surface area contributed by atoms with E-state index in [4.69, 9.17) is 0 Å². The first-order valence-electron chi connectivity index (χ1n) is 10.3. The van der Waals surface area contributed by atoms with Crippen LogP contribution in [0, 0.1) is 17.9 Å². The first-order valence-corrected chi connectivity index (χ1v) is 11.1. The molecule has 0 amide bonds. The Bertz CT molecular complexity index is 1120. The predicted molar refractivity (Wildman–Crippen MR) is 119 cm³/mol. The number of rotatable bonds is 1. The van der Waals surface area contributed by atoms with Gasteiger partial charge in [0.2, 0.25) is 0 Å². The summed E-state index contributed by atoms with van der Waals surface area (Å²) in [6.07, 6.45) is 5.49. The summed E-state index contributed by atoms with van der Waals surface area (Å²) < 4.78 is 2.58. The van der Waals surface area contributed by atoms with E-state index in [9.17, 15) is 10.2 Å². The Morgan fingerprint density at radius 2 is 1.60 bits per heavy atom. The Morgan fingerprint density at radius 1 is 0.867 bits per heavy atom. The summed E-state index contributed by atoms with van der Waals surface area (Å²) >= 11 is 1.81. The van der Waals surface area contributed by atoms with Crippen LogP contribution >= 0.6 is 11.3 Å². The van der Waals surface area contributed by atoms with Gasteiger partial charge in [-0.1, -0.05) is 35.7 Å². The van der Waals surface area contributed by atoms with Crippen LogP contribution in [-0.2, 0) is 20.1 Å². The zero-order valence-corrected chi connectivity index (χ0v) is 19.7. The maximum Gasteiger partial charge on any atom is 0.0595 e. The molecule has 2 heterocycles. The van der Waals surface area contributed by atoms with E-state index in [2.05, 4.69) is 41.4 Å². The van der Waals surface area contributed by atoms with Gasteiger partial charge in [0.05, 0.1) is 12.2 Å². The Morgan fingerprint density at radius 3 is 2.30 bits per heavy atom. The number of aliphatic hydroxyl groups is 2. The average Bonchev–Trinajstić information content (AvgIpc) is 3.44. The molecule has 30 heavy (non-hydrogen) atoms. The normalized spacial score (nSPS) is 24.9. The number of nitrogens with zero attached hydrogens (tertiary/aromatic N) is 1. The third-order valence-electron chi connectivity index (χ3n) is 6.36. The molecule has 2 unspecified atom stereocenters. The molecule has 0 saturated heterocycles. The van der Waals surface area contributed by atoms with Gasteiger partial charge in [0.25, 0.3) is 0 Å². The first kappa shape index (κ1) is 21.6. The van der Waals surface area contributed by atoms with Crippen molar-refractivity contribution in [1.82, 2.24) is 4.98 Å². The fraction of sp³-hybridized carbons (Fsp3) is 0.320. The number of fused-ring (bicyclic) bond motifs is 4. The molecule has 2 saturated carbocycles. The molecule has 2 atom stereocenters. The largest absolute Gasteiger partial charge is 0.393 e. The van der Waals surface area contributed by atoms with Crippen LogP contribution in [0.2, 0.25) is 0 Å². The molecule has 3 nitrogen and oxygen atoms in total. The van der Waals surface area contributed by atoms with Crippen molar-refractivity contribution >= 4 is 31.5 Å². The summed E-state index contributed by atoms with van der Waals surface area (Å²) in [4.78, 5) is 4.44. The maximum absolute atomic E-state index is 9.41. The van der Waals surface area contributed by atoms with Gasteiger partial charge >= 0.3 is 0 Å². The van der Waals surface area contributed by atoms with Crippen molar-refractivity contribution in [3.8, 4) is 11.3 Å². The van der Waals surface area contributed by atoms with Gasteiger partial charge in [-0.3, -0.25) is 0 Å². The summed E-state index contributed by atoms with van der Waals surface area (Å²) in [5.41, 5.74) is 2.08. The van der Waals surface area contributed by atoms with Crippen molar-refractivity contribution in [2.75, 3.05) is 0 Å². The second-order valence-electron chi connectivity index (χ2n) is 8.04. The Hall–Kier alpha value is -1.62. The van der Waals surface area contributed by atoms with E-state index in [0.717, 1.165) is 36.9 Å². The molecule has 2 aromatic carbocycles. The van der Waals surface area contributed by atoms with Gasteiger partial charge in [-0.25, -0.2) is 0 Å². The van der Waals surface area contributed by atoms with Crippen molar-refractivity contribution in [3.63, 3.8) is 0 Å². The first-order chi connectivity index (χ1) is 14.2. The number of aromatic nitrogens is 1. The number of benzene rings is 2. The number of hydrogen-bond donors (Lipinski definition) is 2. The molecule has 1 radical (unpaired) electrons. The summed E-state index contributed by atoms with van der Waals surface area (Å²) in [7, 11) is 0. The summed E-state index contributed by atoms with van der Waals surface area (Å²) in [5.74, 6) is 0.852. The monoisotopic (exact) mass is 595 g/mol. The fourth-order valence-corrected chi connectivity index (χ4v) is 6.17.